The molecule has 1 aliphatic carbocycles. The molecule has 4 nitrogen and oxygen atoms in total. The lowest BCUT2D eigenvalue weighted by Crippen LogP contribution is -2.20. The van der Waals surface area contributed by atoms with Crippen LogP contribution in [0.3, 0.4) is 0 Å². The summed E-state index contributed by atoms with van der Waals surface area (Å²) in [5.41, 5.74) is 1.81. The normalized spacial score (nSPS) is 14.9. The highest BCUT2D eigenvalue weighted by Gasteiger charge is 2.16. The largest absolute Gasteiger partial charge is 0.478 e. The summed E-state index contributed by atoms with van der Waals surface area (Å²) in [6, 6.07) is 0. The zero-order valence-electron chi connectivity index (χ0n) is 8.30. The monoisotopic (exact) mass is 194 g/mol. The van der Waals surface area contributed by atoms with Crippen LogP contribution in [-0.2, 0) is 12.8 Å². The molecule has 0 unspecified atom stereocenters. The first-order valence-electron chi connectivity index (χ1n) is 5.06. The third kappa shape index (κ3) is 1.64. The smallest absolute Gasteiger partial charge is 0.348 e. The van der Waals surface area contributed by atoms with E-state index in [9.17, 15) is 4.79 Å². The molecule has 0 atom stereocenters. The minimum atomic E-state index is -0.297. The molecule has 4 heteroatoms. The molecule has 1 aliphatic rings. The van der Waals surface area contributed by atoms with E-state index in [1.54, 1.807) is 0 Å². The molecule has 0 saturated carbocycles. The minimum absolute atomic E-state index is 0.297. The third-order valence-electron chi connectivity index (χ3n) is 2.47. The SMILES string of the molecule is CCOc1nc(=O)[nH]c2c1CCCC2. The van der Waals surface area contributed by atoms with E-state index in [0.29, 0.717) is 12.5 Å². The molecule has 0 amide bonds. The Balaban J connectivity index is 2.47. The highest BCUT2D eigenvalue weighted by molar-refractivity contribution is 5.31. The second-order valence-corrected chi connectivity index (χ2v) is 3.44. The Labute approximate surface area is 82.3 Å². The first-order valence-corrected chi connectivity index (χ1v) is 5.06. The molecule has 14 heavy (non-hydrogen) atoms. The number of fused-ring (bicyclic) bond motifs is 1. The lowest BCUT2D eigenvalue weighted by atomic mass is 9.97. The summed E-state index contributed by atoms with van der Waals surface area (Å²) in [5, 5.41) is 0. The number of nitrogens with one attached hydrogen (secondary N) is 1. The summed E-state index contributed by atoms with van der Waals surface area (Å²) in [6.45, 7) is 2.46. The van der Waals surface area contributed by atoms with E-state index >= 15 is 0 Å². The predicted molar refractivity (Wildman–Crippen MR) is 52.7 cm³/mol. The first kappa shape index (κ1) is 9.24. The van der Waals surface area contributed by atoms with Crippen molar-refractivity contribution in [1.82, 2.24) is 9.97 Å². The Morgan fingerprint density at radius 2 is 2.21 bits per heavy atom. The Hall–Kier alpha value is -1.32. The Kier molecular flexibility index (Phi) is 2.52. The van der Waals surface area contributed by atoms with Crippen LogP contribution in [0.2, 0.25) is 0 Å². The van der Waals surface area contributed by atoms with Crippen LogP contribution in [0.25, 0.3) is 0 Å². The zero-order valence-corrected chi connectivity index (χ0v) is 8.30. The maximum atomic E-state index is 11.2. The second-order valence-electron chi connectivity index (χ2n) is 3.44. The summed E-state index contributed by atoms with van der Waals surface area (Å²) in [5.74, 6) is 0.533. The van der Waals surface area contributed by atoms with Gasteiger partial charge in [0.25, 0.3) is 0 Å². The lowest BCUT2D eigenvalue weighted by Gasteiger charge is -2.17. The number of rotatable bonds is 2. The van der Waals surface area contributed by atoms with E-state index < -0.39 is 0 Å². The van der Waals surface area contributed by atoms with E-state index in [-0.39, 0.29) is 5.69 Å². The lowest BCUT2D eigenvalue weighted by molar-refractivity contribution is 0.318. The van der Waals surface area contributed by atoms with E-state index in [1.165, 1.54) is 0 Å². The van der Waals surface area contributed by atoms with Crippen LogP contribution in [0.5, 0.6) is 5.88 Å². The second kappa shape index (κ2) is 3.82. The average molecular weight is 194 g/mol. The maximum absolute atomic E-state index is 11.2. The molecule has 1 aromatic heterocycles. The highest BCUT2D eigenvalue weighted by atomic mass is 16.5. The van der Waals surface area contributed by atoms with Crippen LogP contribution in [0, 0.1) is 0 Å². The molecule has 2 rings (SSSR count). The van der Waals surface area contributed by atoms with Gasteiger partial charge in [0.2, 0.25) is 5.88 Å². The summed E-state index contributed by atoms with van der Waals surface area (Å²) < 4.78 is 5.35. The first-order chi connectivity index (χ1) is 6.81. The van der Waals surface area contributed by atoms with E-state index in [1.807, 2.05) is 6.92 Å². The molecule has 1 heterocycles. The maximum Gasteiger partial charge on any atom is 0.348 e. The summed E-state index contributed by atoms with van der Waals surface area (Å²) >= 11 is 0. The van der Waals surface area contributed by atoms with Gasteiger partial charge in [-0.25, -0.2) is 4.79 Å². The Morgan fingerprint density at radius 3 is 3.00 bits per heavy atom. The van der Waals surface area contributed by atoms with Gasteiger partial charge < -0.3 is 9.72 Å². The number of hydrogen-bond acceptors (Lipinski definition) is 3. The van der Waals surface area contributed by atoms with Gasteiger partial charge in [-0.1, -0.05) is 0 Å². The molecule has 0 radical (unpaired) electrons. The summed E-state index contributed by atoms with van der Waals surface area (Å²) in [6.07, 6.45) is 4.20. The number of aryl methyl sites for hydroxylation is 1. The number of H-pyrrole nitrogens is 1. The van der Waals surface area contributed by atoms with Crippen molar-refractivity contribution in [2.24, 2.45) is 0 Å². The molecule has 76 valence electrons. The molecule has 1 N–H and O–H groups in total. The molecular weight excluding hydrogens is 180 g/mol. The van der Waals surface area contributed by atoms with Crippen molar-refractivity contribution in [3.63, 3.8) is 0 Å². The van der Waals surface area contributed by atoms with Gasteiger partial charge in [-0.3, -0.25) is 0 Å². The van der Waals surface area contributed by atoms with Gasteiger partial charge in [0, 0.05) is 11.3 Å². The predicted octanol–water partition coefficient (Wildman–Crippen LogP) is 1.05. The minimum Gasteiger partial charge on any atom is -0.478 e. The third-order valence-corrected chi connectivity index (χ3v) is 2.47. The van der Waals surface area contributed by atoms with Gasteiger partial charge in [0.05, 0.1) is 6.61 Å². The van der Waals surface area contributed by atoms with Crippen molar-refractivity contribution < 1.29 is 4.74 Å². The highest BCUT2D eigenvalue weighted by Crippen LogP contribution is 2.24. The van der Waals surface area contributed by atoms with Crippen molar-refractivity contribution in [3.8, 4) is 5.88 Å². The standard InChI is InChI=1S/C10H14N2O2/c1-2-14-9-7-5-3-4-6-8(7)11-10(13)12-9/h2-6H2,1H3,(H,11,12,13). The summed E-state index contributed by atoms with van der Waals surface area (Å²) in [7, 11) is 0. The molecule has 0 saturated heterocycles. The molecule has 1 aromatic rings. The Morgan fingerprint density at radius 1 is 1.43 bits per heavy atom. The number of aromatic amines is 1. The molecule has 0 aliphatic heterocycles. The van der Waals surface area contributed by atoms with Crippen molar-refractivity contribution in [3.05, 3.63) is 21.7 Å². The van der Waals surface area contributed by atoms with Crippen molar-refractivity contribution >= 4 is 0 Å². The van der Waals surface area contributed by atoms with Crippen LogP contribution in [0.1, 0.15) is 31.0 Å². The van der Waals surface area contributed by atoms with Crippen LogP contribution in [-0.4, -0.2) is 16.6 Å². The number of nitrogens with zero attached hydrogens (tertiary/aromatic N) is 1. The van der Waals surface area contributed by atoms with Crippen LogP contribution < -0.4 is 10.4 Å². The van der Waals surface area contributed by atoms with Gasteiger partial charge in [-0.05, 0) is 32.6 Å². The average Bonchev–Trinajstić information content (AvgIpc) is 2.18. The topological polar surface area (TPSA) is 55.0 Å². The fraction of sp³-hybridized carbons (Fsp3) is 0.600. The quantitative estimate of drug-likeness (QED) is 0.765. The molecule has 0 spiro atoms. The number of hydrogen-bond donors (Lipinski definition) is 1. The fourth-order valence-corrected chi connectivity index (χ4v) is 1.85. The van der Waals surface area contributed by atoms with Crippen LogP contribution in [0.15, 0.2) is 4.79 Å². The van der Waals surface area contributed by atoms with Gasteiger partial charge in [0.1, 0.15) is 0 Å². The fourth-order valence-electron chi connectivity index (χ4n) is 1.85. The number of aromatic nitrogens is 2. The van der Waals surface area contributed by atoms with Gasteiger partial charge in [-0.15, -0.1) is 0 Å². The Bertz CT molecular complexity index is 384. The van der Waals surface area contributed by atoms with Gasteiger partial charge >= 0.3 is 5.69 Å². The molecule has 0 fully saturated rings. The van der Waals surface area contributed by atoms with Crippen molar-refractivity contribution in [1.29, 1.82) is 0 Å². The summed E-state index contributed by atoms with van der Waals surface area (Å²) in [4.78, 5) is 17.8. The molecular formula is C10H14N2O2. The van der Waals surface area contributed by atoms with Gasteiger partial charge in [-0.2, -0.15) is 4.98 Å². The van der Waals surface area contributed by atoms with Crippen LogP contribution in [0.4, 0.5) is 0 Å². The molecule has 0 bridgehead atoms. The van der Waals surface area contributed by atoms with Crippen molar-refractivity contribution in [2.75, 3.05) is 6.61 Å². The van der Waals surface area contributed by atoms with Crippen molar-refractivity contribution in [2.45, 2.75) is 32.6 Å². The van der Waals surface area contributed by atoms with Gasteiger partial charge in [0.15, 0.2) is 0 Å². The van der Waals surface area contributed by atoms with E-state index in [2.05, 4.69) is 9.97 Å². The van der Waals surface area contributed by atoms with E-state index in [0.717, 1.165) is 36.9 Å². The molecule has 0 aromatic carbocycles. The number of ether oxygens (including phenoxy) is 1. The van der Waals surface area contributed by atoms with E-state index in [4.69, 9.17) is 4.74 Å². The zero-order chi connectivity index (χ0) is 9.97. The van der Waals surface area contributed by atoms with Crippen LogP contribution >= 0.6 is 0 Å².